The van der Waals surface area contributed by atoms with Crippen molar-refractivity contribution in [3.63, 3.8) is 0 Å². The Morgan fingerprint density at radius 1 is 1.19 bits per heavy atom. The number of hydrogen-bond donors (Lipinski definition) is 4. The number of piperidine rings is 1. The molecule has 1 heterocycles. The van der Waals surface area contributed by atoms with Gasteiger partial charge in [0.1, 0.15) is 17.4 Å². The van der Waals surface area contributed by atoms with Crippen LogP contribution >= 0.6 is 0 Å². The van der Waals surface area contributed by atoms with Gasteiger partial charge in [0.05, 0.1) is 5.71 Å². The lowest BCUT2D eigenvalue weighted by Crippen LogP contribution is -2.62. The normalized spacial score (nSPS) is 19.5. The lowest BCUT2D eigenvalue weighted by Gasteiger charge is -2.49. The maximum atomic E-state index is 13.8. The summed E-state index contributed by atoms with van der Waals surface area (Å²) in [6.45, 7) is 8.66. The average molecular weight is 360 g/mol. The number of phenols is 1. The summed E-state index contributed by atoms with van der Waals surface area (Å²) < 4.78 is 13.8. The van der Waals surface area contributed by atoms with Crippen molar-refractivity contribution in [1.82, 2.24) is 10.2 Å². The number of phenolic OH excluding ortho intramolecular Hbond substituents is 1. The summed E-state index contributed by atoms with van der Waals surface area (Å²) in [6, 6.07) is 3.90. The SMILES string of the molecule is CN(C(=N)/C=C\C(=N)c1ccc(O)cc1F)C1CC(C)(C)NC(C)(C)C1. The van der Waals surface area contributed by atoms with Crippen LogP contribution in [0.5, 0.6) is 5.75 Å². The molecule has 0 unspecified atom stereocenters. The van der Waals surface area contributed by atoms with E-state index in [9.17, 15) is 9.50 Å². The fraction of sp³-hybridized carbons (Fsp3) is 0.500. The Morgan fingerprint density at radius 2 is 1.77 bits per heavy atom. The van der Waals surface area contributed by atoms with Gasteiger partial charge in [0, 0.05) is 35.8 Å². The van der Waals surface area contributed by atoms with Crippen LogP contribution in [0.1, 0.15) is 46.1 Å². The van der Waals surface area contributed by atoms with E-state index < -0.39 is 5.82 Å². The van der Waals surface area contributed by atoms with Gasteiger partial charge in [-0.15, -0.1) is 0 Å². The van der Waals surface area contributed by atoms with Crippen molar-refractivity contribution in [1.29, 1.82) is 10.8 Å². The molecule has 0 radical (unpaired) electrons. The summed E-state index contributed by atoms with van der Waals surface area (Å²) in [5.74, 6) is -0.541. The number of hydrogen-bond acceptors (Lipinski definition) is 4. The first-order valence-corrected chi connectivity index (χ1v) is 8.76. The van der Waals surface area contributed by atoms with Crippen molar-refractivity contribution in [2.24, 2.45) is 0 Å². The summed E-state index contributed by atoms with van der Waals surface area (Å²) in [4.78, 5) is 1.92. The van der Waals surface area contributed by atoms with Gasteiger partial charge >= 0.3 is 0 Å². The van der Waals surface area contributed by atoms with Crippen molar-refractivity contribution in [2.45, 2.75) is 57.7 Å². The molecule has 142 valence electrons. The number of allylic oxidation sites excluding steroid dienone is 1. The molecule has 0 aromatic heterocycles. The number of benzene rings is 1. The minimum Gasteiger partial charge on any atom is -0.508 e. The van der Waals surface area contributed by atoms with E-state index in [4.69, 9.17) is 10.8 Å². The van der Waals surface area contributed by atoms with Gasteiger partial charge in [-0.25, -0.2) is 4.39 Å². The molecule has 0 bridgehead atoms. The molecule has 1 aliphatic rings. The van der Waals surface area contributed by atoms with Gasteiger partial charge < -0.3 is 20.7 Å². The highest BCUT2D eigenvalue weighted by Gasteiger charge is 2.39. The Morgan fingerprint density at radius 3 is 2.31 bits per heavy atom. The molecule has 2 rings (SSSR count). The van der Waals surface area contributed by atoms with Gasteiger partial charge in [0.15, 0.2) is 0 Å². The first-order valence-electron chi connectivity index (χ1n) is 8.76. The van der Waals surface area contributed by atoms with Crippen molar-refractivity contribution >= 4 is 11.5 Å². The van der Waals surface area contributed by atoms with Gasteiger partial charge in [-0.2, -0.15) is 0 Å². The zero-order chi connectivity index (χ0) is 19.7. The van der Waals surface area contributed by atoms with Gasteiger partial charge in [-0.3, -0.25) is 5.41 Å². The quantitative estimate of drug-likeness (QED) is 0.488. The Hall–Kier alpha value is -2.21. The molecule has 1 saturated heterocycles. The molecule has 5 nitrogen and oxygen atoms in total. The summed E-state index contributed by atoms with van der Waals surface area (Å²) in [7, 11) is 1.89. The molecule has 4 N–H and O–H groups in total. The molecule has 0 atom stereocenters. The lowest BCUT2D eigenvalue weighted by atomic mass is 9.79. The van der Waals surface area contributed by atoms with Crippen LogP contribution in [0.15, 0.2) is 30.4 Å². The van der Waals surface area contributed by atoms with Crippen LogP contribution in [0.4, 0.5) is 4.39 Å². The van der Waals surface area contributed by atoms with Crippen molar-refractivity contribution in [3.8, 4) is 5.75 Å². The van der Waals surface area contributed by atoms with Gasteiger partial charge in [0.2, 0.25) is 0 Å². The van der Waals surface area contributed by atoms with E-state index in [0.717, 1.165) is 18.9 Å². The highest BCUT2D eigenvalue weighted by atomic mass is 19.1. The standard InChI is InChI=1S/C20H29FN4O/c1-19(2)11-13(12-20(3,4)24-19)25(5)18(23)9-8-17(22)15-7-6-14(26)10-16(15)21/h6-10,13,22-24,26H,11-12H2,1-5H3/b9-8-,22-17?,23-18?. The molecule has 0 aliphatic carbocycles. The van der Waals surface area contributed by atoms with Crippen LogP contribution in [0.25, 0.3) is 0 Å². The average Bonchev–Trinajstić information content (AvgIpc) is 2.48. The number of nitrogens with one attached hydrogen (secondary N) is 3. The second kappa shape index (κ2) is 7.19. The molecular formula is C20H29FN4O. The Balaban J connectivity index is 2.08. The molecule has 1 fully saturated rings. The van der Waals surface area contributed by atoms with E-state index in [1.165, 1.54) is 24.3 Å². The van der Waals surface area contributed by atoms with Crippen LogP contribution in [0.3, 0.4) is 0 Å². The van der Waals surface area contributed by atoms with E-state index in [1.54, 1.807) is 0 Å². The third kappa shape index (κ3) is 4.91. The highest BCUT2D eigenvalue weighted by molar-refractivity contribution is 6.09. The molecule has 0 saturated carbocycles. The van der Waals surface area contributed by atoms with E-state index in [0.29, 0.717) is 0 Å². The maximum absolute atomic E-state index is 13.8. The number of aromatic hydroxyl groups is 1. The predicted octanol–water partition coefficient (Wildman–Crippen LogP) is 3.67. The number of likely N-dealkylation sites (N-methyl/N-ethyl adjacent to an activating group) is 1. The molecule has 0 amide bonds. The Kier molecular flexibility index (Phi) is 5.56. The minimum absolute atomic E-state index is 0.0213. The van der Waals surface area contributed by atoms with Crippen molar-refractivity contribution in [2.75, 3.05) is 7.05 Å². The summed E-state index contributed by atoms with van der Waals surface area (Å²) >= 11 is 0. The highest BCUT2D eigenvalue weighted by Crippen LogP contribution is 2.31. The van der Waals surface area contributed by atoms with E-state index in [1.807, 2.05) is 11.9 Å². The van der Waals surface area contributed by atoms with Crippen LogP contribution in [0.2, 0.25) is 0 Å². The van der Waals surface area contributed by atoms with Crippen LogP contribution in [-0.4, -0.2) is 45.7 Å². The largest absolute Gasteiger partial charge is 0.508 e. The second-order valence-electron chi connectivity index (χ2n) is 8.36. The van der Waals surface area contributed by atoms with E-state index in [-0.39, 0.29) is 40.0 Å². The Bertz CT molecular complexity index is 723. The van der Waals surface area contributed by atoms with E-state index in [2.05, 4.69) is 33.0 Å². The smallest absolute Gasteiger partial charge is 0.136 e. The first-order chi connectivity index (χ1) is 11.9. The van der Waals surface area contributed by atoms with Crippen molar-refractivity contribution in [3.05, 3.63) is 41.7 Å². The summed E-state index contributed by atoms with van der Waals surface area (Å²) in [5.41, 5.74) is 0.0179. The van der Waals surface area contributed by atoms with Crippen LogP contribution in [0, 0.1) is 16.6 Å². The fourth-order valence-electron chi connectivity index (χ4n) is 3.83. The predicted molar refractivity (Wildman–Crippen MR) is 104 cm³/mol. The minimum atomic E-state index is -0.651. The number of halogens is 1. The zero-order valence-electron chi connectivity index (χ0n) is 16.2. The summed E-state index contributed by atoms with van der Waals surface area (Å²) in [5, 5.41) is 29.2. The monoisotopic (exact) mass is 360 g/mol. The fourth-order valence-corrected chi connectivity index (χ4v) is 3.83. The maximum Gasteiger partial charge on any atom is 0.136 e. The zero-order valence-corrected chi connectivity index (χ0v) is 16.2. The summed E-state index contributed by atoms with van der Waals surface area (Å²) in [6.07, 6.45) is 4.77. The third-order valence-electron chi connectivity index (χ3n) is 4.75. The first kappa shape index (κ1) is 20.1. The molecule has 26 heavy (non-hydrogen) atoms. The topological polar surface area (TPSA) is 83.2 Å². The van der Waals surface area contributed by atoms with E-state index >= 15 is 0 Å². The van der Waals surface area contributed by atoms with Gasteiger partial charge in [-0.1, -0.05) is 0 Å². The number of amidine groups is 1. The number of rotatable bonds is 4. The second-order valence-corrected chi connectivity index (χ2v) is 8.36. The number of nitrogens with zero attached hydrogens (tertiary/aromatic N) is 1. The Labute approximate surface area is 154 Å². The third-order valence-corrected chi connectivity index (χ3v) is 4.75. The van der Waals surface area contributed by atoms with Gasteiger partial charge in [0.25, 0.3) is 0 Å². The molecule has 1 aromatic carbocycles. The molecule has 1 aromatic rings. The molecule has 6 heteroatoms. The lowest BCUT2D eigenvalue weighted by molar-refractivity contribution is 0.114. The molecule has 1 aliphatic heterocycles. The van der Waals surface area contributed by atoms with Crippen molar-refractivity contribution < 1.29 is 9.50 Å². The molecule has 0 spiro atoms. The van der Waals surface area contributed by atoms with Gasteiger partial charge in [-0.05, 0) is 64.8 Å². The van der Waals surface area contributed by atoms with Crippen LogP contribution < -0.4 is 5.32 Å². The van der Waals surface area contributed by atoms with Crippen LogP contribution in [-0.2, 0) is 0 Å². The molecular weight excluding hydrogens is 331 g/mol.